The average molecular weight is 560 g/mol. The van der Waals surface area contributed by atoms with Gasteiger partial charge in [-0.25, -0.2) is 4.68 Å². The molecule has 3 aliphatic heterocycles. The molecule has 3 aliphatic rings. The second-order valence-electron chi connectivity index (χ2n) is 10.8. The Labute approximate surface area is 236 Å². The Morgan fingerprint density at radius 2 is 1.95 bits per heavy atom. The Kier molecular flexibility index (Phi) is 7.03. The van der Waals surface area contributed by atoms with Crippen LogP contribution in [0.1, 0.15) is 35.8 Å². The Balaban J connectivity index is 1.18. The van der Waals surface area contributed by atoms with E-state index in [1.807, 2.05) is 35.0 Å². The van der Waals surface area contributed by atoms with Crippen molar-refractivity contribution in [2.45, 2.75) is 38.1 Å². The lowest BCUT2D eigenvalue weighted by atomic mass is 10.0. The van der Waals surface area contributed by atoms with Crippen molar-refractivity contribution in [3.8, 4) is 17.2 Å². The van der Waals surface area contributed by atoms with E-state index in [0.29, 0.717) is 17.9 Å². The molecule has 0 amide bonds. The second-order valence-corrected chi connectivity index (χ2v) is 10.8. The molecule has 2 aromatic carbocycles. The number of piperazine rings is 1. The largest absolute Gasteiger partial charge is 0.497 e. The van der Waals surface area contributed by atoms with Crippen LogP contribution >= 0.6 is 0 Å². The SMILES string of the molecule is COc1ccc2[nH]c(=O)c(C(c3nnnn3CC3CCCO3)N3CCN(Cc4ccc5c(c4)OCO5)CC3)cc2c1. The molecule has 0 spiro atoms. The molecule has 0 saturated carbocycles. The summed E-state index contributed by atoms with van der Waals surface area (Å²) < 4.78 is 24.2. The Hall–Kier alpha value is -4.00. The number of nitrogens with zero attached hydrogens (tertiary/aromatic N) is 6. The quantitative estimate of drug-likeness (QED) is 0.344. The fourth-order valence-electron chi connectivity index (χ4n) is 6.03. The number of fused-ring (bicyclic) bond motifs is 2. The van der Waals surface area contributed by atoms with Crippen molar-refractivity contribution in [1.29, 1.82) is 0 Å². The number of rotatable bonds is 8. The van der Waals surface area contributed by atoms with Gasteiger partial charge in [0.1, 0.15) is 11.8 Å². The normalized spacial score (nSPS) is 20.1. The van der Waals surface area contributed by atoms with Crippen LogP contribution in [0.4, 0.5) is 0 Å². The number of aromatic nitrogens is 5. The van der Waals surface area contributed by atoms with Crippen molar-refractivity contribution < 1.29 is 18.9 Å². The van der Waals surface area contributed by atoms with Gasteiger partial charge in [0.05, 0.1) is 19.8 Å². The molecule has 2 saturated heterocycles. The molecular formula is C29H33N7O5. The van der Waals surface area contributed by atoms with Gasteiger partial charge in [0.15, 0.2) is 17.3 Å². The van der Waals surface area contributed by atoms with Crippen LogP contribution in [0.5, 0.6) is 17.2 Å². The summed E-state index contributed by atoms with van der Waals surface area (Å²) in [6.45, 7) is 5.55. The zero-order valence-corrected chi connectivity index (χ0v) is 23.0. The summed E-state index contributed by atoms with van der Waals surface area (Å²) >= 11 is 0. The third-order valence-electron chi connectivity index (χ3n) is 8.19. The van der Waals surface area contributed by atoms with Gasteiger partial charge in [-0.1, -0.05) is 6.07 Å². The summed E-state index contributed by atoms with van der Waals surface area (Å²) in [5.74, 6) is 2.97. The molecule has 1 N–H and O–H groups in total. The van der Waals surface area contributed by atoms with Gasteiger partial charge in [-0.2, -0.15) is 0 Å². The third kappa shape index (κ3) is 5.25. The van der Waals surface area contributed by atoms with Gasteiger partial charge >= 0.3 is 0 Å². The molecule has 0 aliphatic carbocycles. The number of hydrogen-bond donors (Lipinski definition) is 1. The van der Waals surface area contributed by atoms with Gasteiger partial charge in [-0.05, 0) is 65.2 Å². The highest BCUT2D eigenvalue weighted by Gasteiger charge is 2.33. The van der Waals surface area contributed by atoms with Crippen LogP contribution in [0.3, 0.4) is 0 Å². The van der Waals surface area contributed by atoms with Crippen LogP contribution in [0.25, 0.3) is 10.9 Å². The minimum Gasteiger partial charge on any atom is -0.497 e. The number of tetrazole rings is 1. The van der Waals surface area contributed by atoms with Crippen LogP contribution in [0.15, 0.2) is 47.3 Å². The number of pyridine rings is 1. The van der Waals surface area contributed by atoms with E-state index in [1.54, 1.807) is 7.11 Å². The van der Waals surface area contributed by atoms with E-state index < -0.39 is 6.04 Å². The molecule has 41 heavy (non-hydrogen) atoms. The lowest BCUT2D eigenvalue weighted by molar-refractivity contribution is 0.0840. The minimum atomic E-state index is -0.418. The fraction of sp³-hybridized carbons (Fsp3) is 0.448. The Morgan fingerprint density at radius 3 is 2.78 bits per heavy atom. The van der Waals surface area contributed by atoms with E-state index in [-0.39, 0.29) is 18.5 Å². The predicted octanol–water partition coefficient (Wildman–Crippen LogP) is 2.34. The second kappa shape index (κ2) is 11.1. The van der Waals surface area contributed by atoms with Crippen LogP contribution in [0.2, 0.25) is 0 Å². The highest BCUT2D eigenvalue weighted by molar-refractivity contribution is 5.80. The number of aromatic amines is 1. The molecule has 2 unspecified atom stereocenters. The maximum atomic E-state index is 13.6. The standard InChI is InChI=1S/C29H33N7O5/c1-38-21-5-6-24-20(14-21)15-23(29(37)30-24)27(28-31-32-33-36(28)17-22-3-2-12-39-22)35-10-8-34(9-11-35)16-19-4-7-25-26(13-19)41-18-40-25/h4-7,13-15,22,27H,2-3,8-12,16-18H2,1H3,(H,30,37). The molecular weight excluding hydrogens is 526 g/mol. The molecule has 214 valence electrons. The number of nitrogens with one attached hydrogen (secondary N) is 1. The topological polar surface area (TPSA) is 120 Å². The van der Waals surface area contributed by atoms with Crippen LogP contribution in [-0.4, -0.2) is 87.8 Å². The number of ether oxygens (including phenoxy) is 4. The smallest absolute Gasteiger partial charge is 0.253 e. The van der Waals surface area contributed by atoms with Crippen LogP contribution in [-0.2, 0) is 17.8 Å². The fourth-order valence-corrected chi connectivity index (χ4v) is 6.03. The van der Waals surface area contributed by atoms with Gasteiger partial charge in [-0.15, -0.1) is 5.10 Å². The predicted molar refractivity (Wildman–Crippen MR) is 149 cm³/mol. The summed E-state index contributed by atoms with van der Waals surface area (Å²) in [4.78, 5) is 21.4. The van der Waals surface area contributed by atoms with E-state index in [1.165, 1.54) is 5.56 Å². The number of benzene rings is 2. The monoisotopic (exact) mass is 559 g/mol. The van der Waals surface area contributed by atoms with Crippen molar-refractivity contribution in [3.63, 3.8) is 0 Å². The summed E-state index contributed by atoms with van der Waals surface area (Å²) in [5.41, 5.74) is 2.39. The summed E-state index contributed by atoms with van der Waals surface area (Å²) in [7, 11) is 1.64. The lowest BCUT2D eigenvalue weighted by Crippen LogP contribution is -2.48. The van der Waals surface area contributed by atoms with Gasteiger partial charge in [0.2, 0.25) is 6.79 Å². The first-order valence-electron chi connectivity index (χ1n) is 14.1. The van der Waals surface area contributed by atoms with Crippen LogP contribution < -0.4 is 19.8 Å². The van der Waals surface area contributed by atoms with Gasteiger partial charge in [-0.3, -0.25) is 14.6 Å². The molecule has 7 rings (SSSR count). The van der Waals surface area contributed by atoms with Gasteiger partial charge < -0.3 is 23.9 Å². The van der Waals surface area contributed by atoms with E-state index in [9.17, 15) is 4.79 Å². The summed E-state index contributed by atoms with van der Waals surface area (Å²) in [6.07, 6.45) is 2.07. The summed E-state index contributed by atoms with van der Waals surface area (Å²) in [5, 5.41) is 13.7. The zero-order valence-electron chi connectivity index (χ0n) is 23.0. The molecule has 0 bridgehead atoms. The van der Waals surface area contributed by atoms with E-state index in [0.717, 1.165) is 80.3 Å². The van der Waals surface area contributed by atoms with Crippen molar-refractivity contribution in [1.82, 2.24) is 35.0 Å². The van der Waals surface area contributed by atoms with E-state index >= 15 is 0 Å². The Morgan fingerprint density at radius 1 is 1.07 bits per heavy atom. The molecule has 2 atom stereocenters. The number of H-pyrrole nitrogens is 1. The molecule has 12 heteroatoms. The minimum absolute atomic E-state index is 0.0654. The third-order valence-corrected chi connectivity index (χ3v) is 8.19. The van der Waals surface area contributed by atoms with Crippen molar-refractivity contribution in [3.05, 3.63) is 69.8 Å². The highest BCUT2D eigenvalue weighted by Crippen LogP contribution is 2.33. The zero-order chi connectivity index (χ0) is 27.8. The summed E-state index contributed by atoms with van der Waals surface area (Å²) in [6, 6.07) is 13.3. The first kappa shape index (κ1) is 25.9. The first-order chi connectivity index (χ1) is 20.1. The maximum Gasteiger partial charge on any atom is 0.253 e. The maximum absolute atomic E-state index is 13.6. The van der Waals surface area contributed by atoms with E-state index in [2.05, 4.69) is 42.4 Å². The van der Waals surface area contributed by atoms with Crippen LogP contribution in [0, 0.1) is 0 Å². The molecule has 4 aromatic rings. The molecule has 0 radical (unpaired) electrons. The molecule has 12 nitrogen and oxygen atoms in total. The van der Waals surface area contributed by atoms with Crippen molar-refractivity contribution in [2.24, 2.45) is 0 Å². The lowest BCUT2D eigenvalue weighted by Gasteiger charge is -2.38. The van der Waals surface area contributed by atoms with Crippen molar-refractivity contribution in [2.75, 3.05) is 46.7 Å². The molecule has 2 aromatic heterocycles. The molecule has 2 fully saturated rings. The number of hydrogen-bond acceptors (Lipinski definition) is 10. The van der Waals surface area contributed by atoms with Gasteiger partial charge in [0, 0.05) is 55.8 Å². The average Bonchev–Trinajstić information content (AvgIpc) is 3.77. The first-order valence-corrected chi connectivity index (χ1v) is 14.1. The van der Waals surface area contributed by atoms with Crippen molar-refractivity contribution >= 4 is 10.9 Å². The van der Waals surface area contributed by atoms with E-state index in [4.69, 9.17) is 18.9 Å². The molecule has 5 heterocycles. The van der Waals surface area contributed by atoms with Gasteiger partial charge in [0.25, 0.3) is 5.56 Å². The highest BCUT2D eigenvalue weighted by atomic mass is 16.7. The number of methoxy groups -OCH3 is 1. The Bertz CT molecular complexity index is 1590.